The van der Waals surface area contributed by atoms with Crippen LogP contribution < -0.4 is 10.1 Å². The Morgan fingerprint density at radius 1 is 1.03 bits per heavy atom. The standard InChI is InChI=1S/C21H27NO5S2/c1-14-5-7-17(8-6-14)11-22-18-12-28(23,24)13-21(18)29(25,26)20-10-16(3)15(2)9-19(20)27-4/h5-10,18,21-22H,11-13H2,1-4H3/t18-,21-/m0/s1. The zero-order valence-electron chi connectivity index (χ0n) is 17.1. The second-order valence-electron chi connectivity index (χ2n) is 7.72. The highest BCUT2D eigenvalue weighted by atomic mass is 32.2. The molecule has 0 bridgehead atoms. The molecule has 2 atom stereocenters. The Balaban J connectivity index is 1.93. The normalized spacial score (nSPS) is 21.2. The smallest absolute Gasteiger partial charge is 0.187 e. The number of benzene rings is 2. The molecule has 0 saturated carbocycles. The lowest BCUT2D eigenvalue weighted by Gasteiger charge is -2.22. The van der Waals surface area contributed by atoms with Crippen LogP contribution in [0.3, 0.4) is 0 Å². The van der Waals surface area contributed by atoms with E-state index in [4.69, 9.17) is 4.74 Å². The van der Waals surface area contributed by atoms with E-state index in [1.165, 1.54) is 7.11 Å². The number of hydrogen-bond donors (Lipinski definition) is 1. The van der Waals surface area contributed by atoms with Gasteiger partial charge in [0.25, 0.3) is 0 Å². The summed E-state index contributed by atoms with van der Waals surface area (Å²) in [6.45, 7) is 6.09. The minimum Gasteiger partial charge on any atom is -0.495 e. The van der Waals surface area contributed by atoms with Crippen molar-refractivity contribution in [3.63, 3.8) is 0 Å². The summed E-state index contributed by atoms with van der Waals surface area (Å²) in [5, 5.41) is 2.10. The van der Waals surface area contributed by atoms with Crippen LogP contribution in [0.1, 0.15) is 22.3 Å². The quantitative estimate of drug-likeness (QED) is 0.746. The number of hydrogen-bond acceptors (Lipinski definition) is 6. The highest BCUT2D eigenvalue weighted by Crippen LogP contribution is 2.33. The third-order valence-corrected chi connectivity index (χ3v) is 9.64. The Bertz CT molecular complexity index is 1110. The molecule has 1 saturated heterocycles. The second-order valence-corrected chi connectivity index (χ2v) is 12.0. The largest absolute Gasteiger partial charge is 0.495 e. The van der Waals surface area contributed by atoms with Gasteiger partial charge in [-0.3, -0.25) is 0 Å². The highest BCUT2D eigenvalue weighted by molar-refractivity contribution is 7.96. The van der Waals surface area contributed by atoms with Gasteiger partial charge in [0.15, 0.2) is 19.7 Å². The molecule has 1 heterocycles. The molecule has 8 heteroatoms. The zero-order chi connectivity index (χ0) is 21.4. The van der Waals surface area contributed by atoms with Crippen LogP contribution in [0.2, 0.25) is 0 Å². The molecule has 1 fully saturated rings. The summed E-state index contributed by atoms with van der Waals surface area (Å²) >= 11 is 0. The van der Waals surface area contributed by atoms with E-state index in [0.29, 0.717) is 6.54 Å². The minimum atomic E-state index is -3.92. The maximum absolute atomic E-state index is 13.4. The van der Waals surface area contributed by atoms with Gasteiger partial charge in [-0.05, 0) is 49.6 Å². The summed E-state index contributed by atoms with van der Waals surface area (Å²) in [6, 6.07) is 10.4. The molecular weight excluding hydrogens is 410 g/mol. The Kier molecular flexibility index (Phi) is 6.08. The summed E-state index contributed by atoms with van der Waals surface area (Å²) in [5.41, 5.74) is 3.82. The van der Waals surface area contributed by atoms with Gasteiger partial charge in [-0.25, -0.2) is 16.8 Å². The van der Waals surface area contributed by atoms with Crippen LogP contribution in [0.15, 0.2) is 41.3 Å². The topological polar surface area (TPSA) is 89.5 Å². The number of ether oxygens (including phenoxy) is 1. The molecule has 0 aromatic heterocycles. The van der Waals surface area contributed by atoms with Crippen LogP contribution in [0.25, 0.3) is 0 Å². The lowest BCUT2D eigenvalue weighted by atomic mass is 10.1. The van der Waals surface area contributed by atoms with Gasteiger partial charge in [0.2, 0.25) is 0 Å². The molecule has 0 unspecified atom stereocenters. The van der Waals surface area contributed by atoms with Crippen molar-refractivity contribution in [3.05, 3.63) is 58.7 Å². The van der Waals surface area contributed by atoms with Gasteiger partial charge in [0, 0.05) is 12.6 Å². The number of rotatable bonds is 6. The van der Waals surface area contributed by atoms with E-state index in [-0.39, 0.29) is 16.4 Å². The van der Waals surface area contributed by atoms with Gasteiger partial charge < -0.3 is 10.1 Å². The van der Waals surface area contributed by atoms with Crippen molar-refractivity contribution in [3.8, 4) is 5.75 Å². The first-order valence-electron chi connectivity index (χ1n) is 9.42. The Morgan fingerprint density at radius 3 is 2.28 bits per heavy atom. The lowest BCUT2D eigenvalue weighted by Crippen LogP contribution is -2.43. The fraction of sp³-hybridized carbons (Fsp3) is 0.429. The first-order chi connectivity index (χ1) is 13.5. The molecule has 2 aromatic carbocycles. The maximum atomic E-state index is 13.4. The van der Waals surface area contributed by atoms with Crippen molar-refractivity contribution in [1.29, 1.82) is 0 Å². The van der Waals surface area contributed by atoms with E-state index in [1.54, 1.807) is 12.1 Å². The van der Waals surface area contributed by atoms with Gasteiger partial charge in [0.1, 0.15) is 10.6 Å². The van der Waals surface area contributed by atoms with Gasteiger partial charge in [-0.2, -0.15) is 0 Å². The van der Waals surface area contributed by atoms with E-state index in [0.717, 1.165) is 22.3 Å². The Hall–Kier alpha value is -1.90. The molecule has 1 aliphatic heterocycles. The molecule has 6 nitrogen and oxygen atoms in total. The first kappa shape index (κ1) is 21.8. The number of nitrogens with one attached hydrogen (secondary N) is 1. The highest BCUT2D eigenvalue weighted by Gasteiger charge is 2.46. The minimum absolute atomic E-state index is 0.0485. The number of aryl methyl sites for hydroxylation is 3. The van der Waals surface area contributed by atoms with Gasteiger partial charge in [0.05, 0.1) is 23.9 Å². The first-order valence-corrected chi connectivity index (χ1v) is 12.8. The molecule has 3 rings (SSSR count). The molecule has 0 spiro atoms. The fourth-order valence-electron chi connectivity index (χ4n) is 3.57. The third-order valence-electron chi connectivity index (χ3n) is 5.47. The average Bonchev–Trinajstić information content (AvgIpc) is 2.98. The van der Waals surface area contributed by atoms with E-state index >= 15 is 0 Å². The van der Waals surface area contributed by atoms with E-state index in [2.05, 4.69) is 5.32 Å². The van der Waals surface area contributed by atoms with Crippen molar-refractivity contribution in [1.82, 2.24) is 5.32 Å². The van der Waals surface area contributed by atoms with Crippen molar-refractivity contribution in [2.75, 3.05) is 18.6 Å². The van der Waals surface area contributed by atoms with Crippen LogP contribution in [0, 0.1) is 20.8 Å². The predicted molar refractivity (Wildman–Crippen MR) is 114 cm³/mol. The predicted octanol–water partition coefficient (Wildman–Crippen LogP) is 2.35. The third kappa shape index (κ3) is 4.65. The molecule has 1 aliphatic rings. The van der Waals surface area contributed by atoms with Crippen molar-refractivity contribution >= 4 is 19.7 Å². The lowest BCUT2D eigenvalue weighted by molar-refractivity contribution is 0.401. The number of methoxy groups -OCH3 is 1. The monoisotopic (exact) mass is 437 g/mol. The molecule has 29 heavy (non-hydrogen) atoms. The molecule has 158 valence electrons. The van der Waals surface area contributed by atoms with E-state index in [1.807, 2.05) is 45.0 Å². The van der Waals surface area contributed by atoms with Crippen LogP contribution >= 0.6 is 0 Å². The second kappa shape index (κ2) is 8.08. The van der Waals surface area contributed by atoms with Crippen LogP contribution in [-0.2, 0) is 26.2 Å². The molecule has 0 radical (unpaired) electrons. The van der Waals surface area contributed by atoms with Crippen molar-refractivity contribution in [2.45, 2.75) is 43.5 Å². The Morgan fingerprint density at radius 2 is 1.66 bits per heavy atom. The fourth-order valence-corrected chi connectivity index (χ4v) is 8.52. The molecular formula is C21H27NO5S2. The van der Waals surface area contributed by atoms with E-state index < -0.39 is 36.7 Å². The van der Waals surface area contributed by atoms with Gasteiger partial charge >= 0.3 is 0 Å². The zero-order valence-corrected chi connectivity index (χ0v) is 18.7. The Labute approximate surface area is 173 Å². The molecule has 2 aromatic rings. The molecule has 0 aliphatic carbocycles. The van der Waals surface area contributed by atoms with Crippen LogP contribution in [-0.4, -0.2) is 46.7 Å². The number of sulfone groups is 2. The summed E-state index contributed by atoms with van der Waals surface area (Å²) in [5.74, 6) is -0.345. The van der Waals surface area contributed by atoms with Gasteiger partial charge in [-0.15, -0.1) is 0 Å². The SMILES string of the molecule is COc1cc(C)c(C)cc1S(=O)(=O)[C@H]1CS(=O)(=O)C[C@@H]1NCc1ccc(C)cc1. The molecule has 0 amide bonds. The van der Waals surface area contributed by atoms with Crippen molar-refractivity contribution < 1.29 is 21.6 Å². The average molecular weight is 438 g/mol. The summed E-state index contributed by atoms with van der Waals surface area (Å²) in [4.78, 5) is 0.0485. The van der Waals surface area contributed by atoms with Gasteiger partial charge in [-0.1, -0.05) is 29.8 Å². The summed E-state index contributed by atoms with van der Waals surface area (Å²) in [6.07, 6.45) is 0. The summed E-state index contributed by atoms with van der Waals surface area (Å²) in [7, 11) is -5.97. The maximum Gasteiger partial charge on any atom is 0.187 e. The van der Waals surface area contributed by atoms with Crippen LogP contribution in [0.5, 0.6) is 5.75 Å². The molecule has 1 N–H and O–H groups in total. The van der Waals surface area contributed by atoms with Crippen molar-refractivity contribution in [2.24, 2.45) is 0 Å². The van der Waals surface area contributed by atoms with E-state index in [9.17, 15) is 16.8 Å². The van der Waals surface area contributed by atoms with Crippen LogP contribution in [0.4, 0.5) is 0 Å². The summed E-state index contributed by atoms with van der Waals surface area (Å²) < 4.78 is 56.9.